The maximum Gasteiger partial charge on any atom is 0.227 e. The van der Waals surface area contributed by atoms with Crippen molar-refractivity contribution in [2.75, 3.05) is 12.4 Å². The second kappa shape index (κ2) is 6.81. The summed E-state index contributed by atoms with van der Waals surface area (Å²) in [6.45, 7) is 4.09. The third kappa shape index (κ3) is 3.59. The minimum Gasteiger partial charge on any atom is -0.437 e. The molecule has 0 amide bonds. The molecule has 2 aromatic rings. The van der Waals surface area contributed by atoms with Crippen molar-refractivity contribution in [1.82, 2.24) is 9.97 Å². The van der Waals surface area contributed by atoms with Gasteiger partial charge in [0.15, 0.2) is 0 Å². The molecule has 0 atom stereocenters. The SMILES string of the molecule is CNc1ncnc(Oc2cc(Cl)c(Br)cc2Cl)c1C(C)C. The van der Waals surface area contributed by atoms with Crippen molar-refractivity contribution in [3.8, 4) is 11.6 Å². The van der Waals surface area contributed by atoms with E-state index in [0.29, 0.717) is 26.1 Å². The lowest BCUT2D eigenvalue weighted by Gasteiger charge is -2.16. The molecule has 7 heteroatoms. The van der Waals surface area contributed by atoms with Crippen LogP contribution in [0, 0.1) is 0 Å². The lowest BCUT2D eigenvalue weighted by atomic mass is 10.1. The van der Waals surface area contributed by atoms with Gasteiger partial charge in [0.25, 0.3) is 0 Å². The zero-order valence-corrected chi connectivity index (χ0v) is 14.8. The van der Waals surface area contributed by atoms with Gasteiger partial charge in [0.05, 0.1) is 15.6 Å². The summed E-state index contributed by atoms with van der Waals surface area (Å²) in [6, 6.07) is 3.34. The number of hydrogen-bond acceptors (Lipinski definition) is 4. The minimum absolute atomic E-state index is 0.188. The Morgan fingerprint density at radius 1 is 1.19 bits per heavy atom. The summed E-state index contributed by atoms with van der Waals surface area (Å²) in [5, 5.41) is 4.01. The van der Waals surface area contributed by atoms with Gasteiger partial charge in [-0.3, -0.25) is 0 Å². The Labute approximate surface area is 142 Å². The summed E-state index contributed by atoms with van der Waals surface area (Å²) in [4.78, 5) is 8.42. The molecule has 0 saturated carbocycles. The molecule has 1 aromatic carbocycles. The van der Waals surface area contributed by atoms with Crippen LogP contribution >= 0.6 is 39.1 Å². The number of nitrogens with one attached hydrogen (secondary N) is 1. The fourth-order valence-electron chi connectivity index (χ4n) is 1.87. The zero-order chi connectivity index (χ0) is 15.6. The monoisotopic (exact) mass is 389 g/mol. The fourth-order valence-corrected chi connectivity index (χ4v) is 2.70. The van der Waals surface area contributed by atoms with Crippen LogP contribution in [-0.4, -0.2) is 17.0 Å². The van der Waals surface area contributed by atoms with Crippen LogP contribution < -0.4 is 10.1 Å². The molecule has 0 saturated heterocycles. The van der Waals surface area contributed by atoms with Gasteiger partial charge in [0.1, 0.15) is 17.9 Å². The Balaban J connectivity index is 2.47. The van der Waals surface area contributed by atoms with E-state index in [1.807, 2.05) is 20.9 Å². The average molecular weight is 391 g/mol. The van der Waals surface area contributed by atoms with Crippen LogP contribution in [0.2, 0.25) is 10.0 Å². The van der Waals surface area contributed by atoms with Gasteiger partial charge in [-0.2, -0.15) is 0 Å². The van der Waals surface area contributed by atoms with Gasteiger partial charge in [-0.1, -0.05) is 37.0 Å². The number of ether oxygens (including phenoxy) is 1. The quantitative estimate of drug-likeness (QED) is 0.699. The third-order valence-corrected chi connectivity index (χ3v) is 4.34. The van der Waals surface area contributed by atoms with Crippen LogP contribution in [0.1, 0.15) is 25.3 Å². The molecule has 1 aromatic heterocycles. The van der Waals surface area contributed by atoms with E-state index in [2.05, 4.69) is 31.2 Å². The van der Waals surface area contributed by atoms with Crippen molar-refractivity contribution in [3.05, 3.63) is 38.5 Å². The summed E-state index contributed by atoms with van der Waals surface area (Å²) in [7, 11) is 1.81. The highest BCUT2D eigenvalue weighted by Crippen LogP contribution is 2.39. The van der Waals surface area contributed by atoms with Crippen molar-refractivity contribution in [2.45, 2.75) is 19.8 Å². The normalized spacial score (nSPS) is 10.8. The zero-order valence-electron chi connectivity index (χ0n) is 11.7. The summed E-state index contributed by atoms with van der Waals surface area (Å²) < 4.78 is 6.56. The predicted octanol–water partition coefficient (Wildman–Crippen LogP) is 5.50. The van der Waals surface area contributed by atoms with Gasteiger partial charge >= 0.3 is 0 Å². The Hall–Kier alpha value is -1.04. The molecule has 2 rings (SSSR count). The van der Waals surface area contributed by atoms with Crippen LogP contribution in [0.25, 0.3) is 0 Å². The van der Waals surface area contributed by atoms with Gasteiger partial charge in [0, 0.05) is 17.6 Å². The number of nitrogens with zero attached hydrogens (tertiary/aromatic N) is 2. The molecule has 0 aliphatic rings. The Morgan fingerprint density at radius 3 is 2.52 bits per heavy atom. The first kappa shape index (κ1) is 16.3. The molecular weight excluding hydrogens is 377 g/mol. The van der Waals surface area contributed by atoms with Gasteiger partial charge in [-0.05, 0) is 27.9 Å². The second-order valence-electron chi connectivity index (χ2n) is 4.64. The van der Waals surface area contributed by atoms with Crippen molar-refractivity contribution in [3.63, 3.8) is 0 Å². The van der Waals surface area contributed by atoms with Gasteiger partial charge in [0.2, 0.25) is 5.88 Å². The van der Waals surface area contributed by atoms with Gasteiger partial charge < -0.3 is 10.1 Å². The highest BCUT2D eigenvalue weighted by atomic mass is 79.9. The molecule has 112 valence electrons. The number of benzene rings is 1. The number of hydrogen-bond donors (Lipinski definition) is 1. The largest absolute Gasteiger partial charge is 0.437 e. The maximum atomic E-state index is 6.18. The molecule has 1 heterocycles. The molecule has 0 aliphatic carbocycles. The Bertz CT molecular complexity index is 665. The first-order chi connectivity index (χ1) is 9.93. The van der Waals surface area contributed by atoms with Crippen molar-refractivity contribution in [2.24, 2.45) is 0 Å². The molecule has 0 spiro atoms. The maximum absolute atomic E-state index is 6.18. The van der Waals surface area contributed by atoms with Crippen molar-refractivity contribution in [1.29, 1.82) is 0 Å². The summed E-state index contributed by atoms with van der Waals surface area (Å²) >= 11 is 15.6. The van der Waals surface area contributed by atoms with E-state index >= 15 is 0 Å². The van der Waals surface area contributed by atoms with E-state index in [-0.39, 0.29) is 5.92 Å². The molecule has 0 aliphatic heterocycles. The van der Waals surface area contributed by atoms with Crippen molar-refractivity contribution < 1.29 is 4.74 Å². The lowest BCUT2D eigenvalue weighted by molar-refractivity contribution is 0.452. The third-order valence-electron chi connectivity index (χ3n) is 2.84. The van der Waals surface area contributed by atoms with E-state index in [4.69, 9.17) is 27.9 Å². The first-order valence-corrected chi connectivity index (χ1v) is 7.84. The molecular formula is C14H14BrCl2N3O. The molecule has 0 bridgehead atoms. The summed E-state index contributed by atoms with van der Waals surface area (Å²) in [5.74, 6) is 1.83. The van der Waals surface area contributed by atoms with Crippen LogP contribution in [0.15, 0.2) is 22.9 Å². The van der Waals surface area contributed by atoms with Crippen LogP contribution in [0.4, 0.5) is 5.82 Å². The van der Waals surface area contributed by atoms with E-state index < -0.39 is 0 Å². The Morgan fingerprint density at radius 2 is 1.90 bits per heavy atom. The summed E-state index contributed by atoms with van der Waals surface area (Å²) in [6.07, 6.45) is 1.45. The number of halogens is 3. The van der Waals surface area contributed by atoms with Crippen LogP contribution in [0.5, 0.6) is 11.6 Å². The standard InChI is InChI=1S/C14H14BrCl2N3O/c1-7(2)12-13(18-3)19-6-20-14(12)21-11-5-9(16)8(15)4-10(11)17/h4-7H,1-3H3,(H,18,19,20). The molecule has 0 fully saturated rings. The van der Waals surface area contributed by atoms with Crippen molar-refractivity contribution >= 4 is 44.9 Å². The molecule has 1 N–H and O–H groups in total. The van der Waals surface area contributed by atoms with E-state index in [1.54, 1.807) is 12.1 Å². The molecule has 21 heavy (non-hydrogen) atoms. The van der Waals surface area contributed by atoms with Crippen LogP contribution in [0.3, 0.4) is 0 Å². The van der Waals surface area contributed by atoms with E-state index in [9.17, 15) is 0 Å². The minimum atomic E-state index is 0.188. The topological polar surface area (TPSA) is 47.0 Å². The summed E-state index contributed by atoms with van der Waals surface area (Å²) in [5.41, 5.74) is 0.884. The van der Waals surface area contributed by atoms with E-state index in [0.717, 1.165) is 11.4 Å². The average Bonchev–Trinajstić information content (AvgIpc) is 2.44. The molecule has 0 radical (unpaired) electrons. The number of anilines is 1. The highest BCUT2D eigenvalue weighted by Gasteiger charge is 2.17. The van der Waals surface area contributed by atoms with Gasteiger partial charge in [-0.15, -0.1) is 0 Å². The van der Waals surface area contributed by atoms with E-state index in [1.165, 1.54) is 6.33 Å². The first-order valence-electron chi connectivity index (χ1n) is 6.29. The molecule has 4 nitrogen and oxygen atoms in total. The smallest absolute Gasteiger partial charge is 0.227 e. The lowest BCUT2D eigenvalue weighted by Crippen LogP contribution is -2.04. The number of rotatable bonds is 4. The predicted molar refractivity (Wildman–Crippen MR) is 89.9 cm³/mol. The van der Waals surface area contributed by atoms with Crippen LogP contribution in [-0.2, 0) is 0 Å². The fraction of sp³-hybridized carbons (Fsp3) is 0.286. The number of aromatic nitrogens is 2. The Kier molecular flexibility index (Phi) is 5.30. The van der Waals surface area contributed by atoms with Gasteiger partial charge in [-0.25, -0.2) is 9.97 Å². The second-order valence-corrected chi connectivity index (χ2v) is 6.31. The highest BCUT2D eigenvalue weighted by molar-refractivity contribution is 9.10. The molecule has 0 unspecified atom stereocenters.